The van der Waals surface area contributed by atoms with Crippen molar-refractivity contribution in [2.24, 2.45) is 0 Å². The number of aryl methyl sites for hydroxylation is 2. The summed E-state index contributed by atoms with van der Waals surface area (Å²) in [5, 5.41) is 7.32. The van der Waals surface area contributed by atoms with E-state index in [0.29, 0.717) is 25.3 Å². The Hall–Kier alpha value is -3.45. The molecule has 0 radical (unpaired) electrons. The van der Waals surface area contributed by atoms with Crippen molar-refractivity contribution >= 4 is 11.6 Å². The Labute approximate surface area is 188 Å². The van der Waals surface area contributed by atoms with E-state index in [1.807, 2.05) is 74.9 Å². The van der Waals surface area contributed by atoms with E-state index in [1.54, 1.807) is 4.90 Å². The molecule has 7 nitrogen and oxygen atoms in total. The molecule has 0 atom stereocenters. The van der Waals surface area contributed by atoms with Gasteiger partial charge in [-0.3, -0.25) is 14.8 Å². The molecule has 4 aromatic rings. The van der Waals surface area contributed by atoms with Gasteiger partial charge in [0.1, 0.15) is 5.65 Å². The second kappa shape index (κ2) is 9.36. The SMILES string of the molecule is Cc1cc(CN(C)Cc2c(C(=O)N(C)CCc3ccccc3)nc3c(C)cccn23)n[nH]1. The van der Waals surface area contributed by atoms with Crippen LogP contribution >= 0.6 is 0 Å². The number of carbonyl (C=O) groups is 1. The van der Waals surface area contributed by atoms with Gasteiger partial charge in [-0.1, -0.05) is 36.4 Å². The number of benzene rings is 1. The van der Waals surface area contributed by atoms with Gasteiger partial charge >= 0.3 is 0 Å². The Balaban J connectivity index is 1.58. The summed E-state index contributed by atoms with van der Waals surface area (Å²) < 4.78 is 2.04. The predicted molar refractivity (Wildman–Crippen MR) is 126 cm³/mol. The first-order valence-electron chi connectivity index (χ1n) is 10.9. The molecule has 3 aromatic heterocycles. The molecule has 0 saturated heterocycles. The smallest absolute Gasteiger partial charge is 0.274 e. The van der Waals surface area contributed by atoms with Crippen LogP contribution in [-0.2, 0) is 19.5 Å². The van der Waals surface area contributed by atoms with Crippen LogP contribution in [0, 0.1) is 13.8 Å². The molecule has 0 unspecified atom stereocenters. The topological polar surface area (TPSA) is 69.5 Å². The summed E-state index contributed by atoms with van der Waals surface area (Å²) in [6, 6.07) is 16.3. The summed E-state index contributed by atoms with van der Waals surface area (Å²) in [6.07, 6.45) is 2.79. The molecule has 0 aliphatic rings. The third-order valence-electron chi connectivity index (χ3n) is 5.68. The van der Waals surface area contributed by atoms with Gasteiger partial charge in [-0.15, -0.1) is 0 Å². The van der Waals surface area contributed by atoms with Gasteiger partial charge < -0.3 is 9.30 Å². The van der Waals surface area contributed by atoms with E-state index in [2.05, 4.69) is 27.2 Å². The highest BCUT2D eigenvalue weighted by atomic mass is 16.2. The van der Waals surface area contributed by atoms with E-state index in [1.165, 1.54) is 5.56 Å². The van der Waals surface area contributed by atoms with Crippen LogP contribution in [0.25, 0.3) is 5.65 Å². The predicted octanol–water partition coefficient (Wildman–Crippen LogP) is 3.62. The summed E-state index contributed by atoms with van der Waals surface area (Å²) in [7, 11) is 3.88. The molecule has 0 bridgehead atoms. The molecule has 3 heterocycles. The third-order valence-corrected chi connectivity index (χ3v) is 5.68. The number of nitrogens with one attached hydrogen (secondary N) is 1. The lowest BCUT2D eigenvalue weighted by molar-refractivity contribution is 0.0789. The minimum atomic E-state index is -0.0527. The number of carbonyl (C=O) groups excluding carboxylic acids is 1. The Morgan fingerprint density at radius 2 is 1.84 bits per heavy atom. The molecule has 0 aliphatic carbocycles. The van der Waals surface area contributed by atoms with Crippen molar-refractivity contribution in [3.05, 3.63) is 88.6 Å². The van der Waals surface area contributed by atoms with Gasteiger partial charge in [-0.2, -0.15) is 5.10 Å². The van der Waals surface area contributed by atoms with Gasteiger partial charge in [-0.05, 0) is 50.6 Å². The number of hydrogen-bond donors (Lipinski definition) is 1. The van der Waals surface area contributed by atoms with Crippen LogP contribution in [0.15, 0.2) is 54.7 Å². The number of amides is 1. The zero-order valence-corrected chi connectivity index (χ0v) is 19.2. The third kappa shape index (κ3) is 4.73. The quantitative estimate of drug-likeness (QED) is 0.464. The monoisotopic (exact) mass is 430 g/mol. The summed E-state index contributed by atoms with van der Waals surface area (Å²) in [5.41, 5.74) is 6.51. The number of imidazole rings is 1. The maximum absolute atomic E-state index is 13.4. The maximum Gasteiger partial charge on any atom is 0.274 e. The summed E-state index contributed by atoms with van der Waals surface area (Å²) in [4.78, 5) is 22.1. The lowest BCUT2D eigenvalue weighted by Gasteiger charge is -2.19. The number of aromatic amines is 1. The number of rotatable bonds is 8. The molecule has 7 heteroatoms. The molecule has 166 valence electrons. The van der Waals surface area contributed by atoms with Crippen molar-refractivity contribution in [3.63, 3.8) is 0 Å². The maximum atomic E-state index is 13.4. The van der Waals surface area contributed by atoms with Gasteiger partial charge in [0.05, 0.1) is 11.4 Å². The number of fused-ring (bicyclic) bond motifs is 1. The zero-order valence-electron chi connectivity index (χ0n) is 19.2. The summed E-state index contributed by atoms with van der Waals surface area (Å²) in [6.45, 7) is 5.92. The Morgan fingerprint density at radius 1 is 1.06 bits per heavy atom. The number of aromatic nitrogens is 4. The van der Waals surface area contributed by atoms with Crippen LogP contribution in [0.5, 0.6) is 0 Å². The highest BCUT2D eigenvalue weighted by Gasteiger charge is 2.23. The van der Waals surface area contributed by atoms with Crippen LogP contribution in [0.4, 0.5) is 0 Å². The lowest BCUT2D eigenvalue weighted by atomic mass is 10.1. The van der Waals surface area contributed by atoms with Crippen molar-refractivity contribution in [2.45, 2.75) is 33.4 Å². The number of likely N-dealkylation sites (N-methyl/N-ethyl adjacent to an activating group) is 1. The molecule has 1 amide bonds. The number of hydrogen-bond acceptors (Lipinski definition) is 4. The summed E-state index contributed by atoms with van der Waals surface area (Å²) in [5.74, 6) is -0.0527. The molecule has 0 spiro atoms. The zero-order chi connectivity index (χ0) is 22.7. The first kappa shape index (κ1) is 21.8. The first-order valence-corrected chi connectivity index (χ1v) is 10.9. The fourth-order valence-electron chi connectivity index (χ4n) is 3.94. The summed E-state index contributed by atoms with van der Waals surface area (Å²) >= 11 is 0. The van der Waals surface area contributed by atoms with E-state index >= 15 is 0 Å². The molecule has 0 saturated carbocycles. The first-order chi connectivity index (χ1) is 15.4. The van der Waals surface area contributed by atoms with E-state index in [0.717, 1.165) is 34.7 Å². The average molecular weight is 431 g/mol. The van der Waals surface area contributed by atoms with Crippen molar-refractivity contribution < 1.29 is 4.79 Å². The number of nitrogens with zero attached hydrogens (tertiary/aromatic N) is 5. The van der Waals surface area contributed by atoms with Crippen LogP contribution < -0.4 is 0 Å². The number of H-pyrrole nitrogens is 1. The van der Waals surface area contributed by atoms with Gasteiger partial charge in [0, 0.05) is 38.6 Å². The minimum absolute atomic E-state index is 0.0527. The minimum Gasteiger partial charge on any atom is -0.340 e. The molecule has 1 N–H and O–H groups in total. The molecule has 1 aromatic carbocycles. The Morgan fingerprint density at radius 3 is 2.56 bits per heavy atom. The van der Waals surface area contributed by atoms with Crippen LogP contribution in [0.1, 0.15) is 38.7 Å². The fourth-order valence-corrected chi connectivity index (χ4v) is 3.94. The molecular weight excluding hydrogens is 400 g/mol. The van der Waals surface area contributed by atoms with Gasteiger partial charge in [-0.25, -0.2) is 4.98 Å². The average Bonchev–Trinajstić information content (AvgIpc) is 3.36. The van der Waals surface area contributed by atoms with E-state index in [-0.39, 0.29) is 5.91 Å². The normalized spacial score (nSPS) is 11.4. The second-order valence-corrected chi connectivity index (χ2v) is 8.47. The molecule has 32 heavy (non-hydrogen) atoms. The van der Waals surface area contributed by atoms with Crippen LogP contribution in [0.2, 0.25) is 0 Å². The van der Waals surface area contributed by atoms with Gasteiger partial charge in [0.15, 0.2) is 5.69 Å². The molecule has 0 aliphatic heterocycles. The van der Waals surface area contributed by atoms with E-state index < -0.39 is 0 Å². The fraction of sp³-hybridized carbons (Fsp3) is 0.320. The lowest BCUT2D eigenvalue weighted by Crippen LogP contribution is -2.31. The van der Waals surface area contributed by atoms with Gasteiger partial charge in [0.2, 0.25) is 0 Å². The van der Waals surface area contributed by atoms with Crippen LogP contribution in [0.3, 0.4) is 0 Å². The molecule has 4 rings (SSSR count). The number of pyridine rings is 1. The van der Waals surface area contributed by atoms with Crippen molar-refractivity contribution in [1.29, 1.82) is 0 Å². The molecule has 0 fully saturated rings. The Kier molecular flexibility index (Phi) is 6.37. The second-order valence-electron chi connectivity index (χ2n) is 8.47. The standard InChI is InChI=1S/C25H30N6O/c1-18-9-8-13-31-22(17-29(3)16-21-15-19(2)27-28-21)23(26-24(18)31)25(32)30(4)14-12-20-10-6-5-7-11-20/h5-11,13,15H,12,14,16-17H2,1-4H3,(H,27,28). The van der Waals surface area contributed by atoms with Crippen molar-refractivity contribution in [3.8, 4) is 0 Å². The van der Waals surface area contributed by atoms with Crippen molar-refractivity contribution in [1.82, 2.24) is 29.4 Å². The van der Waals surface area contributed by atoms with E-state index in [9.17, 15) is 4.79 Å². The highest BCUT2D eigenvalue weighted by Crippen LogP contribution is 2.20. The van der Waals surface area contributed by atoms with Gasteiger partial charge in [0.25, 0.3) is 5.91 Å². The highest BCUT2D eigenvalue weighted by molar-refractivity contribution is 5.94. The molecular formula is C25H30N6O. The largest absolute Gasteiger partial charge is 0.340 e. The van der Waals surface area contributed by atoms with Crippen molar-refractivity contribution in [2.75, 3.05) is 20.6 Å². The Bertz CT molecular complexity index is 1210. The van der Waals surface area contributed by atoms with E-state index in [4.69, 9.17) is 4.98 Å². The van der Waals surface area contributed by atoms with Crippen LogP contribution in [-0.4, -0.2) is 55.9 Å².